The third-order valence-electron chi connectivity index (χ3n) is 4.32. The van der Waals surface area contributed by atoms with Gasteiger partial charge in [-0.05, 0) is 36.1 Å². The molecule has 0 atom stereocenters. The number of aryl methyl sites for hydroxylation is 1. The van der Waals surface area contributed by atoms with Crippen molar-refractivity contribution in [3.63, 3.8) is 0 Å². The predicted molar refractivity (Wildman–Crippen MR) is 107 cm³/mol. The molecule has 4 aromatic rings. The van der Waals surface area contributed by atoms with Crippen LogP contribution in [0.3, 0.4) is 0 Å². The molecule has 8 nitrogen and oxygen atoms in total. The van der Waals surface area contributed by atoms with Gasteiger partial charge in [0.2, 0.25) is 0 Å². The van der Waals surface area contributed by atoms with Gasteiger partial charge in [-0.25, -0.2) is 9.50 Å². The molecule has 158 valence electrons. The van der Waals surface area contributed by atoms with E-state index in [-0.39, 0.29) is 28.4 Å². The Morgan fingerprint density at radius 1 is 1.23 bits per heavy atom. The second kappa shape index (κ2) is 7.47. The topological polar surface area (TPSA) is 102 Å². The second-order valence-electron chi connectivity index (χ2n) is 6.53. The molecule has 3 aromatic heterocycles. The maximum absolute atomic E-state index is 13.6. The molecule has 0 unspecified atom stereocenters. The number of nitrogens with zero attached hydrogens (tertiary/aromatic N) is 4. The Morgan fingerprint density at radius 3 is 2.65 bits per heavy atom. The Kier molecular flexibility index (Phi) is 4.93. The van der Waals surface area contributed by atoms with E-state index in [1.54, 1.807) is 30.5 Å². The van der Waals surface area contributed by atoms with E-state index in [9.17, 15) is 28.1 Å². The molecule has 31 heavy (non-hydrogen) atoms. The standard InChI is InChI=1S/C19H12F3N5O3S/c1-10-4-5-11(14(7-10)27(29)30)24-18(28)13-9-17-23-12(15-3-2-6-31-15)8-16(19(20,21)22)26(17)25-13/h2-9H,1H3,(H,24,28). The lowest BCUT2D eigenvalue weighted by Gasteiger charge is -2.10. The van der Waals surface area contributed by atoms with Gasteiger partial charge in [-0.2, -0.15) is 18.3 Å². The highest BCUT2D eigenvalue weighted by Gasteiger charge is 2.36. The number of hydrogen-bond donors (Lipinski definition) is 1. The Morgan fingerprint density at radius 2 is 2.00 bits per heavy atom. The summed E-state index contributed by atoms with van der Waals surface area (Å²) in [4.78, 5) is 27.9. The number of benzene rings is 1. The summed E-state index contributed by atoms with van der Waals surface area (Å²) in [7, 11) is 0. The number of nitro benzene ring substituents is 1. The summed E-state index contributed by atoms with van der Waals surface area (Å²) in [5.74, 6) is -0.900. The average molecular weight is 447 g/mol. The fraction of sp³-hybridized carbons (Fsp3) is 0.105. The van der Waals surface area contributed by atoms with Crippen LogP contribution >= 0.6 is 11.3 Å². The molecule has 1 aromatic carbocycles. The summed E-state index contributed by atoms with van der Waals surface area (Å²) in [6.45, 7) is 1.65. The number of rotatable bonds is 4. The Hall–Kier alpha value is -3.80. The molecule has 0 aliphatic heterocycles. The van der Waals surface area contributed by atoms with Crippen LogP contribution in [0.5, 0.6) is 0 Å². The van der Waals surface area contributed by atoms with Gasteiger partial charge in [-0.1, -0.05) is 12.1 Å². The van der Waals surface area contributed by atoms with E-state index in [2.05, 4.69) is 15.4 Å². The van der Waals surface area contributed by atoms with Crippen molar-refractivity contribution < 1.29 is 22.9 Å². The number of aromatic nitrogens is 3. The number of anilines is 1. The first kappa shape index (κ1) is 20.5. The molecule has 3 heterocycles. The lowest BCUT2D eigenvalue weighted by molar-refractivity contribution is -0.384. The molecular weight excluding hydrogens is 435 g/mol. The molecule has 0 fully saturated rings. The smallest absolute Gasteiger partial charge is 0.315 e. The van der Waals surface area contributed by atoms with Crippen molar-refractivity contribution in [3.8, 4) is 10.6 Å². The van der Waals surface area contributed by atoms with Crippen LogP contribution < -0.4 is 5.32 Å². The highest BCUT2D eigenvalue weighted by Crippen LogP contribution is 2.33. The van der Waals surface area contributed by atoms with Crippen molar-refractivity contribution in [2.45, 2.75) is 13.1 Å². The van der Waals surface area contributed by atoms with Gasteiger partial charge in [0.1, 0.15) is 5.69 Å². The number of amides is 1. The van der Waals surface area contributed by atoms with Crippen LogP contribution in [0, 0.1) is 17.0 Å². The van der Waals surface area contributed by atoms with Gasteiger partial charge in [0, 0.05) is 12.1 Å². The van der Waals surface area contributed by atoms with Crippen molar-refractivity contribution in [2.24, 2.45) is 0 Å². The average Bonchev–Trinajstić information content (AvgIpc) is 3.37. The van der Waals surface area contributed by atoms with Gasteiger partial charge in [-0.3, -0.25) is 14.9 Å². The quantitative estimate of drug-likeness (QED) is 0.352. The molecule has 0 spiro atoms. The summed E-state index contributed by atoms with van der Waals surface area (Å²) in [6, 6.07) is 9.45. The maximum atomic E-state index is 13.6. The molecule has 4 rings (SSSR count). The van der Waals surface area contributed by atoms with E-state index < -0.39 is 22.7 Å². The molecule has 0 saturated carbocycles. The lowest BCUT2D eigenvalue weighted by Crippen LogP contribution is -2.16. The predicted octanol–water partition coefficient (Wildman–Crippen LogP) is 4.95. The van der Waals surface area contributed by atoms with E-state index in [0.717, 1.165) is 12.1 Å². The van der Waals surface area contributed by atoms with Gasteiger partial charge in [0.15, 0.2) is 17.0 Å². The molecular formula is C19H12F3N5O3S. The fourth-order valence-electron chi connectivity index (χ4n) is 2.92. The molecule has 0 aliphatic carbocycles. The third-order valence-corrected chi connectivity index (χ3v) is 5.21. The van der Waals surface area contributed by atoms with Crippen molar-refractivity contribution in [3.05, 3.63) is 74.9 Å². The number of carbonyl (C=O) groups is 1. The maximum Gasteiger partial charge on any atom is 0.433 e. The number of fused-ring (bicyclic) bond motifs is 1. The van der Waals surface area contributed by atoms with Crippen LogP contribution in [-0.4, -0.2) is 25.4 Å². The number of carbonyl (C=O) groups excluding carboxylic acids is 1. The van der Waals surface area contributed by atoms with E-state index in [4.69, 9.17) is 0 Å². The number of thiophene rings is 1. The largest absolute Gasteiger partial charge is 0.433 e. The van der Waals surface area contributed by atoms with E-state index in [1.165, 1.54) is 23.5 Å². The number of hydrogen-bond acceptors (Lipinski definition) is 6. The third kappa shape index (κ3) is 3.97. The van der Waals surface area contributed by atoms with Gasteiger partial charge >= 0.3 is 6.18 Å². The summed E-state index contributed by atoms with van der Waals surface area (Å²) in [6.07, 6.45) is -4.75. The van der Waals surface area contributed by atoms with Crippen molar-refractivity contribution in [2.75, 3.05) is 5.32 Å². The molecule has 12 heteroatoms. The Bertz CT molecular complexity index is 1320. The Labute approximate surface area is 176 Å². The highest BCUT2D eigenvalue weighted by molar-refractivity contribution is 7.13. The monoisotopic (exact) mass is 447 g/mol. The number of nitro groups is 1. The molecule has 0 radical (unpaired) electrons. The van der Waals surface area contributed by atoms with Gasteiger partial charge in [0.05, 0.1) is 15.5 Å². The summed E-state index contributed by atoms with van der Waals surface area (Å²) >= 11 is 1.22. The number of halogens is 3. The Balaban J connectivity index is 1.77. The zero-order chi connectivity index (χ0) is 22.3. The van der Waals surface area contributed by atoms with Crippen LogP contribution in [0.2, 0.25) is 0 Å². The van der Waals surface area contributed by atoms with Gasteiger partial charge in [0.25, 0.3) is 11.6 Å². The van der Waals surface area contributed by atoms with E-state index in [0.29, 0.717) is 15.0 Å². The van der Waals surface area contributed by atoms with Gasteiger partial charge < -0.3 is 5.32 Å². The van der Waals surface area contributed by atoms with Crippen molar-refractivity contribution in [1.82, 2.24) is 14.6 Å². The zero-order valence-electron chi connectivity index (χ0n) is 15.7. The highest BCUT2D eigenvalue weighted by atomic mass is 32.1. The summed E-state index contributed by atoms with van der Waals surface area (Å²) in [5.41, 5.74) is -1.38. The molecule has 1 N–H and O–H groups in total. The van der Waals surface area contributed by atoms with Crippen LogP contribution in [-0.2, 0) is 6.18 Å². The molecule has 1 amide bonds. The molecule has 0 aliphatic rings. The van der Waals surface area contributed by atoms with Crippen LogP contribution in [0.15, 0.2) is 47.8 Å². The first-order valence-electron chi connectivity index (χ1n) is 8.72. The van der Waals surface area contributed by atoms with Crippen LogP contribution in [0.25, 0.3) is 16.2 Å². The van der Waals surface area contributed by atoms with Crippen LogP contribution in [0.4, 0.5) is 24.5 Å². The first-order valence-corrected chi connectivity index (χ1v) is 9.60. The van der Waals surface area contributed by atoms with Crippen molar-refractivity contribution in [1.29, 1.82) is 0 Å². The minimum atomic E-state index is -4.75. The van der Waals surface area contributed by atoms with E-state index >= 15 is 0 Å². The SMILES string of the molecule is Cc1ccc(NC(=O)c2cc3nc(-c4cccs4)cc(C(F)(F)F)n3n2)c([N+](=O)[O-])c1. The number of nitrogens with one attached hydrogen (secondary N) is 1. The minimum Gasteiger partial charge on any atom is -0.315 e. The minimum absolute atomic E-state index is 0.0934. The van der Waals surface area contributed by atoms with Crippen molar-refractivity contribution >= 4 is 34.3 Å². The van der Waals surface area contributed by atoms with Gasteiger partial charge in [-0.15, -0.1) is 11.3 Å². The van der Waals surface area contributed by atoms with Crippen LogP contribution in [0.1, 0.15) is 21.7 Å². The molecule has 0 bridgehead atoms. The lowest BCUT2D eigenvalue weighted by atomic mass is 10.2. The molecule has 0 saturated heterocycles. The van der Waals surface area contributed by atoms with E-state index in [1.807, 2.05) is 0 Å². The number of alkyl halides is 3. The summed E-state index contributed by atoms with van der Waals surface area (Å²) < 4.78 is 41.4. The second-order valence-corrected chi connectivity index (χ2v) is 7.48. The first-order chi connectivity index (χ1) is 14.6. The zero-order valence-corrected chi connectivity index (χ0v) is 16.5. The normalized spacial score (nSPS) is 11.6. The fourth-order valence-corrected chi connectivity index (χ4v) is 3.61. The summed E-state index contributed by atoms with van der Waals surface area (Å²) in [5, 5.41) is 19.0.